The highest BCUT2D eigenvalue weighted by molar-refractivity contribution is 7.09. The zero-order chi connectivity index (χ0) is 11.4. The predicted octanol–water partition coefficient (Wildman–Crippen LogP) is 1.84. The molecule has 0 unspecified atom stereocenters. The Bertz CT molecular complexity index is 316. The first-order chi connectivity index (χ1) is 7.81. The van der Waals surface area contributed by atoms with E-state index in [9.17, 15) is 0 Å². The fourth-order valence-corrected chi connectivity index (χ4v) is 2.81. The lowest BCUT2D eigenvalue weighted by Gasteiger charge is -2.33. The van der Waals surface area contributed by atoms with Gasteiger partial charge in [0.2, 0.25) is 0 Å². The van der Waals surface area contributed by atoms with Gasteiger partial charge in [-0.15, -0.1) is 11.3 Å². The van der Waals surface area contributed by atoms with E-state index in [0.717, 1.165) is 13.0 Å². The number of aryl methyl sites for hydroxylation is 1. The van der Waals surface area contributed by atoms with Crippen molar-refractivity contribution < 1.29 is 0 Å². The van der Waals surface area contributed by atoms with Crippen LogP contribution in [0.25, 0.3) is 0 Å². The van der Waals surface area contributed by atoms with Crippen molar-refractivity contribution in [3.63, 3.8) is 0 Å². The van der Waals surface area contributed by atoms with E-state index in [0.29, 0.717) is 0 Å². The number of thiazole rings is 1. The highest BCUT2D eigenvalue weighted by Gasteiger charge is 2.16. The molecule has 0 aliphatic carbocycles. The van der Waals surface area contributed by atoms with Crippen LogP contribution in [0.1, 0.15) is 24.5 Å². The number of piperazine rings is 1. The Kier molecular flexibility index (Phi) is 4.32. The van der Waals surface area contributed by atoms with Gasteiger partial charge in [0.15, 0.2) is 0 Å². The summed E-state index contributed by atoms with van der Waals surface area (Å²) in [5, 5.41) is 3.48. The second-order valence-electron chi connectivity index (χ2n) is 4.30. The summed E-state index contributed by atoms with van der Waals surface area (Å²) in [6.07, 6.45) is 1.06. The first-order valence-electron chi connectivity index (χ1n) is 6.19. The fourth-order valence-electron chi connectivity index (χ4n) is 2.08. The van der Waals surface area contributed by atoms with E-state index in [1.54, 1.807) is 11.3 Å². The van der Waals surface area contributed by atoms with E-state index in [1.807, 2.05) is 0 Å². The molecule has 0 spiro atoms. The van der Waals surface area contributed by atoms with E-state index < -0.39 is 0 Å². The van der Waals surface area contributed by atoms with Gasteiger partial charge in [0.05, 0.1) is 10.7 Å². The predicted molar refractivity (Wildman–Crippen MR) is 68.9 cm³/mol. The Labute approximate surface area is 102 Å². The molecule has 0 aromatic carbocycles. The maximum atomic E-state index is 4.63. The number of likely N-dealkylation sites (N-methyl/N-ethyl adjacent to an activating group) is 1. The molecule has 1 aromatic rings. The lowest BCUT2D eigenvalue weighted by atomic mass is 10.3. The normalized spacial score (nSPS) is 19.1. The van der Waals surface area contributed by atoms with Gasteiger partial charge in [0.25, 0.3) is 0 Å². The van der Waals surface area contributed by atoms with Crippen molar-refractivity contribution in [3.05, 3.63) is 16.1 Å². The highest BCUT2D eigenvalue weighted by atomic mass is 32.1. The molecule has 90 valence electrons. The van der Waals surface area contributed by atoms with Gasteiger partial charge in [0.1, 0.15) is 0 Å². The highest BCUT2D eigenvalue weighted by Crippen LogP contribution is 2.13. The van der Waals surface area contributed by atoms with Gasteiger partial charge in [0, 0.05) is 38.1 Å². The number of hydrogen-bond acceptors (Lipinski definition) is 4. The molecule has 2 heterocycles. The average Bonchev–Trinajstić information content (AvgIpc) is 2.78. The quantitative estimate of drug-likeness (QED) is 0.799. The Morgan fingerprint density at radius 1 is 1.19 bits per heavy atom. The van der Waals surface area contributed by atoms with Crippen LogP contribution in [0.4, 0.5) is 0 Å². The molecule has 1 aromatic heterocycles. The van der Waals surface area contributed by atoms with Crippen molar-refractivity contribution in [2.24, 2.45) is 0 Å². The SMILES string of the molecule is CCc1nc(CN2CCN(CC)CC2)cs1. The zero-order valence-electron chi connectivity index (χ0n) is 10.3. The summed E-state index contributed by atoms with van der Waals surface area (Å²) in [6.45, 7) is 11.4. The standard InChI is InChI=1S/C12H21N3S/c1-3-12-13-11(10-16-12)9-15-7-5-14(4-2)6-8-15/h10H,3-9H2,1-2H3. The van der Waals surface area contributed by atoms with E-state index in [1.165, 1.54) is 43.4 Å². The summed E-state index contributed by atoms with van der Waals surface area (Å²) < 4.78 is 0. The van der Waals surface area contributed by atoms with Crippen LogP contribution >= 0.6 is 11.3 Å². The summed E-state index contributed by atoms with van der Waals surface area (Å²) in [5.41, 5.74) is 1.26. The minimum Gasteiger partial charge on any atom is -0.301 e. The zero-order valence-corrected chi connectivity index (χ0v) is 11.1. The van der Waals surface area contributed by atoms with E-state index >= 15 is 0 Å². The summed E-state index contributed by atoms with van der Waals surface area (Å²) in [5.74, 6) is 0. The lowest BCUT2D eigenvalue weighted by Crippen LogP contribution is -2.45. The van der Waals surface area contributed by atoms with Crippen molar-refractivity contribution in [2.45, 2.75) is 26.8 Å². The Morgan fingerprint density at radius 3 is 2.44 bits per heavy atom. The van der Waals surface area contributed by atoms with Crippen LogP contribution in [0.2, 0.25) is 0 Å². The smallest absolute Gasteiger partial charge is 0.0926 e. The maximum absolute atomic E-state index is 4.63. The second kappa shape index (κ2) is 5.75. The first-order valence-corrected chi connectivity index (χ1v) is 7.07. The number of aromatic nitrogens is 1. The fraction of sp³-hybridized carbons (Fsp3) is 0.750. The molecule has 3 nitrogen and oxygen atoms in total. The largest absolute Gasteiger partial charge is 0.301 e. The van der Waals surface area contributed by atoms with Gasteiger partial charge in [-0.3, -0.25) is 4.90 Å². The maximum Gasteiger partial charge on any atom is 0.0926 e. The van der Waals surface area contributed by atoms with Crippen LogP contribution in [-0.2, 0) is 13.0 Å². The topological polar surface area (TPSA) is 19.4 Å². The van der Waals surface area contributed by atoms with Gasteiger partial charge < -0.3 is 4.90 Å². The molecule has 0 N–H and O–H groups in total. The van der Waals surface area contributed by atoms with Crippen LogP contribution in [0.3, 0.4) is 0 Å². The summed E-state index contributed by atoms with van der Waals surface area (Å²) in [6, 6.07) is 0. The molecule has 2 rings (SSSR count). The summed E-state index contributed by atoms with van der Waals surface area (Å²) in [7, 11) is 0. The molecule has 1 aliphatic rings. The Morgan fingerprint density at radius 2 is 1.88 bits per heavy atom. The lowest BCUT2D eigenvalue weighted by molar-refractivity contribution is 0.131. The van der Waals surface area contributed by atoms with E-state index in [4.69, 9.17) is 0 Å². The molecular weight excluding hydrogens is 218 g/mol. The molecule has 1 saturated heterocycles. The first kappa shape index (κ1) is 12.0. The molecule has 1 aliphatic heterocycles. The van der Waals surface area contributed by atoms with Gasteiger partial charge in [-0.2, -0.15) is 0 Å². The van der Waals surface area contributed by atoms with Crippen LogP contribution in [0, 0.1) is 0 Å². The number of hydrogen-bond donors (Lipinski definition) is 0. The molecule has 1 fully saturated rings. The Balaban J connectivity index is 1.82. The minimum atomic E-state index is 1.04. The molecule has 0 radical (unpaired) electrons. The number of rotatable bonds is 4. The van der Waals surface area contributed by atoms with E-state index in [-0.39, 0.29) is 0 Å². The Hall–Kier alpha value is -0.450. The molecule has 16 heavy (non-hydrogen) atoms. The summed E-state index contributed by atoms with van der Waals surface area (Å²) >= 11 is 1.79. The molecule has 4 heteroatoms. The molecule has 0 amide bonds. The van der Waals surface area contributed by atoms with Crippen LogP contribution in [0.5, 0.6) is 0 Å². The third-order valence-electron chi connectivity index (χ3n) is 3.20. The van der Waals surface area contributed by atoms with Gasteiger partial charge in [-0.25, -0.2) is 4.98 Å². The van der Waals surface area contributed by atoms with Crippen molar-refractivity contribution in [2.75, 3.05) is 32.7 Å². The molecule has 0 saturated carbocycles. The van der Waals surface area contributed by atoms with Crippen molar-refractivity contribution in [1.29, 1.82) is 0 Å². The third-order valence-corrected chi connectivity index (χ3v) is 4.24. The van der Waals surface area contributed by atoms with E-state index in [2.05, 4.69) is 34.0 Å². The number of nitrogens with zero attached hydrogens (tertiary/aromatic N) is 3. The third kappa shape index (κ3) is 3.03. The van der Waals surface area contributed by atoms with Crippen molar-refractivity contribution in [1.82, 2.24) is 14.8 Å². The molecule has 0 atom stereocenters. The van der Waals surface area contributed by atoms with Crippen molar-refractivity contribution >= 4 is 11.3 Å². The van der Waals surface area contributed by atoms with Crippen molar-refractivity contribution in [3.8, 4) is 0 Å². The summed E-state index contributed by atoms with van der Waals surface area (Å²) in [4.78, 5) is 9.65. The van der Waals surface area contributed by atoms with Gasteiger partial charge in [-0.05, 0) is 13.0 Å². The van der Waals surface area contributed by atoms with Gasteiger partial charge in [-0.1, -0.05) is 13.8 Å². The monoisotopic (exact) mass is 239 g/mol. The molecular formula is C12H21N3S. The van der Waals surface area contributed by atoms with Gasteiger partial charge >= 0.3 is 0 Å². The average molecular weight is 239 g/mol. The van der Waals surface area contributed by atoms with Crippen LogP contribution in [-0.4, -0.2) is 47.5 Å². The minimum absolute atomic E-state index is 1.04. The second-order valence-corrected chi connectivity index (χ2v) is 5.24. The molecule has 0 bridgehead atoms. The van der Waals surface area contributed by atoms with Crippen LogP contribution in [0.15, 0.2) is 5.38 Å². The van der Waals surface area contributed by atoms with Crippen LogP contribution < -0.4 is 0 Å².